The number of para-hydroxylation sites is 1. The van der Waals surface area contributed by atoms with Crippen LogP contribution in [0, 0.1) is 18.8 Å². The zero-order chi connectivity index (χ0) is 52.2. The molecule has 2 aromatic carbocycles. The minimum Gasteiger partial charge on any atom is -0.507 e. The summed E-state index contributed by atoms with van der Waals surface area (Å²) in [6.45, 7) is 12.8. The topological polar surface area (TPSA) is 218 Å². The van der Waals surface area contributed by atoms with E-state index in [1.807, 2.05) is 93.9 Å². The first-order chi connectivity index (χ1) is 36.3. The number of thiazole rings is 1. The molecule has 0 bridgehead atoms. The van der Waals surface area contributed by atoms with Crippen LogP contribution in [-0.2, 0) is 14.3 Å². The van der Waals surface area contributed by atoms with Crippen molar-refractivity contribution in [1.82, 2.24) is 40.4 Å². The second-order valence-electron chi connectivity index (χ2n) is 21.1. The van der Waals surface area contributed by atoms with Gasteiger partial charge in [-0.1, -0.05) is 67.6 Å². The Morgan fingerprint density at radius 3 is 2.41 bits per heavy atom. The van der Waals surface area contributed by atoms with Crippen molar-refractivity contribution in [3.63, 3.8) is 0 Å². The Morgan fingerprint density at radius 2 is 1.68 bits per heavy atom. The molecule has 4 fully saturated rings. The van der Waals surface area contributed by atoms with Crippen LogP contribution in [0.25, 0.3) is 33.9 Å². The van der Waals surface area contributed by atoms with Gasteiger partial charge in [-0.25, -0.2) is 9.97 Å². The second-order valence-corrected chi connectivity index (χ2v) is 21.9. The molecule has 5 N–H and O–H groups in total. The monoisotopic (exact) mass is 1040 g/mol. The number of hydrogen-bond acceptors (Lipinski definition) is 16. The second kappa shape index (κ2) is 23.0. The summed E-state index contributed by atoms with van der Waals surface area (Å²) in [5, 5.41) is 36.9. The summed E-state index contributed by atoms with van der Waals surface area (Å²) in [5.41, 5.74) is 13.7. The Bertz CT molecular complexity index is 2940. The number of β-amino-alcohol motifs (C(OH)–C–C–N with tert-alkyl or cyclic N) is 1. The molecule has 1 saturated carbocycles. The molecular weight excluding hydrogens is 969 g/mol. The number of carbonyl (C=O) groups is 2. The number of nitrogen functional groups attached to an aromatic ring is 1. The number of carbonyl (C=O) groups excluding carboxylic acids is 2. The van der Waals surface area contributed by atoms with E-state index in [4.69, 9.17) is 19.7 Å². The molecule has 75 heavy (non-hydrogen) atoms. The molecule has 18 heteroatoms. The van der Waals surface area contributed by atoms with E-state index in [-0.39, 0.29) is 60.8 Å². The molecule has 0 unspecified atom stereocenters. The van der Waals surface area contributed by atoms with Gasteiger partial charge in [0.1, 0.15) is 23.8 Å². The van der Waals surface area contributed by atoms with Crippen molar-refractivity contribution >= 4 is 46.9 Å². The van der Waals surface area contributed by atoms with Crippen LogP contribution in [0.4, 0.5) is 11.6 Å². The molecule has 10 rings (SSSR count). The molecule has 7 heterocycles. The van der Waals surface area contributed by atoms with Crippen LogP contribution in [-0.4, -0.2) is 127 Å². The summed E-state index contributed by atoms with van der Waals surface area (Å²) in [4.78, 5) is 44.5. The molecule has 3 saturated heterocycles. The van der Waals surface area contributed by atoms with Crippen molar-refractivity contribution in [1.29, 1.82) is 0 Å². The van der Waals surface area contributed by atoms with Gasteiger partial charge in [0.25, 0.3) is 0 Å². The average molecular weight is 1040 g/mol. The van der Waals surface area contributed by atoms with Crippen LogP contribution >= 0.6 is 11.3 Å². The number of aromatic nitrogens is 5. The molecule has 394 valence electrons. The number of phenolic OH excluding ortho intramolecular Hbond substituents is 1. The lowest BCUT2D eigenvalue weighted by Gasteiger charge is -2.41. The summed E-state index contributed by atoms with van der Waals surface area (Å²) >= 11 is 1.60. The van der Waals surface area contributed by atoms with Crippen molar-refractivity contribution in [3.8, 4) is 33.3 Å². The predicted octanol–water partition coefficient (Wildman–Crippen LogP) is 8.30. The zero-order valence-corrected chi connectivity index (χ0v) is 43.9. The van der Waals surface area contributed by atoms with Gasteiger partial charge in [0.2, 0.25) is 17.7 Å². The lowest BCUT2D eigenvalue weighted by atomic mass is 9.91. The number of amides is 2. The number of hydrogen-bond donors (Lipinski definition) is 4. The highest BCUT2D eigenvalue weighted by atomic mass is 32.1. The fraction of sp³-hybridized carbons (Fsp3) is 0.456. The molecule has 3 aliphatic heterocycles. The molecule has 4 aliphatic rings. The van der Waals surface area contributed by atoms with Crippen molar-refractivity contribution < 1.29 is 33.8 Å². The summed E-state index contributed by atoms with van der Waals surface area (Å²) in [6, 6.07) is 21.5. The van der Waals surface area contributed by atoms with Gasteiger partial charge in [-0.2, -0.15) is 0 Å². The van der Waals surface area contributed by atoms with Crippen LogP contribution in [0.1, 0.15) is 106 Å². The smallest absolute Gasteiger partial charge is 0.243 e. The van der Waals surface area contributed by atoms with Gasteiger partial charge < -0.3 is 50.0 Å². The highest BCUT2D eigenvalue weighted by Crippen LogP contribution is 2.36. The first-order valence-electron chi connectivity index (χ1n) is 26.4. The van der Waals surface area contributed by atoms with Crippen LogP contribution in [0.5, 0.6) is 11.6 Å². The fourth-order valence-electron chi connectivity index (χ4n) is 10.9. The van der Waals surface area contributed by atoms with E-state index in [1.54, 1.807) is 41.8 Å². The molecule has 0 spiro atoms. The van der Waals surface area contributed by atoms with Gasteiger partial charge in [-0.15, -0.1) is 21.5 Å². The molecule has 0 radical (unpaired) electrons. The summed E-state index contributed by atoms with van der Waals surface area (Å²) in [6.07, 6.45) is 11.2. The van der Waals surface area contributed by atoms with Gasteiger partial charge in [0.15, 0.2) is 17.4 Å². The molecule has 4 atom stereocenters. The highest BCUT2D eigenvalue weighted by molar-refractivity contribution is 7.13. The van der Waals surface area contributed by atoms with Gasteiger partial charge in [0.05, 0.1) is 46.1 Å². The van der Waals surface area contributed by atoms with Crippen molar-refractivity contribution in [2.24, 2.45) is 11.8 Å². The van der Waals surface area contributed by atoms with Gasteiger partial charge in [-0.3, -0.25) is 9.59 Å². The standard InChI is InChI=1S/C57H68N10O7S/c1-34(2)53(57(71)67-32-42(68)27-48(67)56(70)61-35(3)39-11-13-40(14-12-39)54-36(4)60-33-75-54)50-30-51(64-74-50)66-23-16-38(17-24-66)31-65-21-18-43(19-22-65)72-44-28-45(29-44)73-52-25-37(15-20-59-52)9-10-41-26-47(62-63-55(41)58)46-7-5-6-8-49(46)69/h5-15,20,25-26,30,33-35,38,42-45,48,53,68-69H,16-19,21-24,27-29,31-32H2,1-4H3,(H2,58,63)(H,61,70)/b10-9+/t35-,42+,44?,45?,48-,53-/m0/s1. The molecular formula is C57H68N10O7S. The first-order valence-corrected chi connectivity index (χ1v) is 27.3. The van der Waals surface area contributed by atoms with Gasteiger partial charge in [0, 0.05) is 88.0 Å². The molecule has 6 aromatic rings. The minimum atomic E-state index is -0.804. The van der Waals surface area contributed by atoms with Crippen molar-refractivity contribution in [3.05, 3.63) is 113 Å². The highest BCUT2D eigenvalue weighted by Gasteiger charge is 2.44. The number of anilines is 2. The van der Waals surface area contributed by atoms with E-state index in [0.717, 1.165) is 104 Å². The largest absolute Gasteiger partial charge is 0.507 e. The third kappa shape index (κ3) is 12.2. The van der Waals surface area contributed by atoms with Gasteiger partial charge in [-0.05, 0) is 92.3 Å². The molecule has 1 aliphatic carbocycles. The Hall–Kier alpha value is -6.73. The number of aryl methyl sites for hydroxylation is 1. The van der Waals surface area contributed by atoms with Gasteiger partial charge >= 0.3 is 0 Å². The Morgan fingerprint density at radius 1 is 0.907 bits per heavy atom. The van der Waals surface area contributed by atoms with E-state index >= 15 is 0 Å². The maximum absolute atomic E-state index is 14.4. The third-order valence-electron chi connectivity index (χ3n) is 15.4. The number of phenols is 1. The van der Waals surface area contributed by atoms with E-state index in [1.165, 1.54) is 4.90 Å². The van der Waals surface area contributed by atoms with Crippen LogP contribution < -0.4 is 20.7 Å². The minimum absolute atomic E-state index is 0.0548. The Kier molecular flexibility index (Phi) is 15.9. The maximum atomic E-state index is 14.4. The average Bonchev–Trinajstić information content (AvgIpc) is 4.17. The number of piperidine rings is 2. The number of benzene rings is 2. The molecule has 17 nitrogen and oxygen atoms in total. The van der Waals surface area contributed by atoms with Crippen molar-refractivity contribution in [2.75, 3.05) is 49.9 Å². The maximum Gasteiger partial charge on any atom is 0.243 e. The summed E-state index contributed by atoms with van der Waals surface area (Å²) in [7, 11) is 0. The zero-order valence-electron chi connectivity index (χ0n) is 43.1. The van der Waals surface area contributed by atoms with E-state index < -0.39 is 18.1 Å². The number of likely N-dealkylation sites (tertiary alicyclic amines) is 2. The fourth-order valence-corrected chi connectivity index (χ4v) is 11.8. The predicted molar refractivity (Wildman–Crippen MR) is 289 cm³/mol. The summed E-state index contributed by atoms with van der Waals surface area (Å²) < 4.78 is 18.7. The lowest BCUT2D eigenvalue weighted by Crippen LogP contribution is -2.48. The van der Waals surface area contributed by atoms with Crippen LogP contribution in [0.3, 0.4) is 0 Å². The number of rotatable bonds is 17. The quantitative estimate of drug-likeness (QED) is 0.0675. The van der Waals surface area contributed by atoms with E-state index in [0.29, 0.717) is 40.2 Å². The summed E-state index contributed by atoms with van der Waals surface area (Å²) in [5.74, 6) is 1.46. The Balaban J connectivity index is 0.642. The third-order valence-corrected chi connectivity index (χ3v) is 16.3. The lowest BCUT2D eigenvalue weighted by molar-refractivity contribution is -0.141. The van der Waals surface area contributed by atoms with Crippen molar-refractivity contribution in [2.45, 2.75) is 115 Å². The molecule has 4 aromatic heterocycles. The van der Waals surface area contributed by atoms with E-state index in [2.05, 4.69) is 40.4 Å². The first kappa shape index (κ1) is 51.7. The normalized spacial score (nSPS) is 21.6. The number of nitrogens with one attached hydrogen (secondary N) is 1. The van der Waals surface area contributed by atoms with E-state index in [9.17, 15) is 19.8 Å². The molecule has 2 amide bonds. The number of aliphatic hydroxyl groups excluding tert-OH is 1. The number of ether oxygens (including phenoxy) is 2. The number of aliphatic hydroxyl groups is 1. The number of nitrogens with two attached hydrogens (primary N) is 1. The van der Waals surface area contributed by atoms with Crippen LogP contribution in [0.15, 0.2) is 89.0 Å². The SMILES string of the molecule is Cc1ncsc1-c1ccc([C@H](C)NC(=O)[C@@H]2C[C@@H](O)CN2C(=O)[C@H](c2cc(N3CCC(CN4CCC(OC5CC(Oc6cc(/C=C/c7cc(-c8ccccc8O)nnc7N)ccn6)C5)CC4)CC3)no2)C(C)C)cc1. The van der Waals surface area contributed by atoms with Crippen LogP contribution in [0.2, 0.25) is 0 Å². The number of aromatic hydroxyl groups is 1. The number of pyridine rings is 1. The Labute approximate surface area is 442 Å². The number of nitrogens with zero attached hydrogens (tertiary/aromatic N) is 8.